The van der Waals surface area contributed by atoms with Crippen LogP contribution in [0.3, 0.4) is 0 Å². The van der Waals surface area contributed by atoms with Crippen molar-refractivity contribution < 1.29 is 9.90 Å². The van der Waals surface area contributed by atoms with E-state index in [4.69, 9.17) is 5.11 Å². The molecule has 0 aliphatic heterocycles. The third-order valence-electron chi connectivity index (χ3n) is 3.50. The molecule has 1 unspecified atom stereocenters. The minimum Gasteiger partial charge on any atom is -0.384 e. The molecule has 0 bridgehead atoms. The van der Waals surface area contributed by atoms with Crippen LogP contribution in [0.4, 0.5) is 0 Å². The van der Waals surface area contributed by atoms with Crippen LogP contribution in [0.2, 0.25) is 0 Å². The van der Waals surface area contributed by atoms with Crippen LogP contribution in [0.5, 0.6) is 0 Å². The molecule has 1 aromatic carbocycles. The van der Waals surface area contributed by atoms with Crippen molar-refractivity contribution in [2.75, 3.05) is 25.7 Å². The van der Waals surface area contributed by atoms with Crippen LogP contribution >= 0.6 is 11.8 Å². The number of aliphatic hydroxyl groups excluding tert-OH is 1. The van der Waals surface area contributed by atoms with Crippen LogP contribution in [-0.2, 0) is 0 Å². The van der Waals surface area contributed by atoms with Crippen molar-refractivity contribution in [1.82, 2.24) is 4.90 Å². The Hall–Kier alpha value is -1.44. The van der Waals surface area contributed by atoms with Crippen LogP contribution in [-0.4, -0.2) is 47.6 Å². The molecule has 0 radical (unpaired) electrons. The maximum absolute atomic E-state index is 12.6. The van der Waals surface area contributed by atoms with Crippen molar-refractivity contribution in [3.8, 4) is 11.8 Å². The molecule has 1 rings (SSSR count). The number of carbonyl (C=O) groups is 1. The lowest BCUT2D eigenvalue weighted by Gasteiger charge is -2.25. The number of nitrogens with zero attached hydrogens (tertiary/aromatic N) is 1. The topological polar surface area (TPSA) is 40.5 Å². The molecule has 0 saturated heterocycles. The predicted molar refractivity (Wildman–Crippen MR) is 89.7 cm³/mol. The summed E-state index contributed by atoms with van der Waals surface area (Å²) < 4.78 is 0. The maximum atomic E-state index is 12.6. The molecular formula is C17H23NO2S. The van der Waals surface area contributed by atoms with Crippen LogP contribution in [0.1, 0.15) is 34.8 Å². The number of hydrogen-bond acceptors (Lipinski definition) is 3. The molecule has 4 heteroatoms. The van der Waals surface area contributed by atoms with Gasteiger partial charge in [-0.1, -0.05) is 17.9 Å². The molecule has 0 aliphatic rings. The molecule has 0 aliphatic carbocycles. The molecule has 0 aromatic heterocycles. The Morgan fingerprint density at radius 1 is 1.48 bits per heavy atom. The number of amides is 1. The van der Waals surface area contributed by atoms with Gasteiger partial charge in [0.15, 0.2) is 0 Å². The molecule has 1 atom stereocenters. The van der Waals surface area contributed by atoms with Gasteiger partial charge in [0, 0.05) is 24.2 Å². The summed E-state index contributed by atoms with van der Waals surface area (Å²) in [7, 11) is 1.85. The number of aliphatic hydroxyl groups is 1. The van der Waals surface area contributed by atoms with Crippen molar-refractivity contribution in [2.45, 2.75) is 26.3 Å². The normalized spacial score (nSPS) is 11.5. The van der Waals surface area contributed by atoms with Crippen molar-refractivity contribution in [3.63, 3.8) is 0 Å². The van der Waals surface area contributed by atoms with Gasteiger partial charge in [0.05, 0.1) is 0 Å². The highest BCUT2D eigenvalue weighted by molar-refractivity contribution is 7.98. The third kappa shape index (κ3) is 5.11. The molecule has 1 amide bonds. The van der Waals surface area contributed by atoms with E-state index in [0.29, 0.717) is 5.56 Å². The molecular weight excluding hydrogens is 282 g/mol. The second-order valence-electron chi connectivity index (χ2n) is 5.04. The van der Waals surface area contributed by atoms with Crippen molar-refractivity contribution in [1.29, 1.82) is 0 Å². The van der Waals surface area contributed by atoms with Crippen molar-refractivity contribution in [2.24, 2.45) is 0 Å². The van der Waals surface area contributed by atoms with Gasteiger partial charge in [-0.15, -0.1) is 0 Å². The number of carbonyl (C=O) groups excluding carboxylic acids is 1. The van der Waals surface area contributed by atoms with E-state index in [9.17, 15) is 4.79 Å². The number of hydrogen-bond donors (Lipinski definition) is 1. The third-order valence-corrected chi connectivity index (χ3v) is 4.14. The Labute approximate surface area is 131 Å². The zero-order valence-corrected chi connectivity index (χ0v) is 14.0. The molecule has 1 N–H and O–H groups in total. The fourth-order valence-electron chi connectivity index (χ4n) is 1.94. The van der Waals surface area contributed by atoms with Gasteiger partial charge in [-0.25, -0.2) is 0 Å². The second-order valence-corrected chi connectivity index (χ2v) is 6.02. The van der Waals surface area contributed by atoms with Gasteiger partial charge >= 0.3 is 0 Å². The summed E-state index contributed by atoms with van der Waals surface area (Å²) >= 11 is 1.79. The van der Waals surface area contributed by atoms with E-state index >= 15 is 0 Å². The monoisotopic (exact) mass is 305 g/mol. The highest BCUT2D eigenvalue weighted by Crippen LogP contribution is 2.16. The van der Waals surface area contributed by atoms with Gasteiger partial charge in [0.25, 0.3) is 5.91 Å². The summed E-state index contributed by atoms with van der Waals surface area (Å²) in [6.45, 7) is 3.82. The van der Waals surface area contributed by atoms with E-state index in [0.717, 1.165) is 23.3 Å². The van der Waals surface area contributed by atoms with E-state index < -0.39 is 0 Å². The summed E-state index contributed by atoms with van der Waals surface area (Å²) in [6.07, 6.45) is 3.05. The van der Waals surface area contributed by atoms with Crippen LogP contribution in [0, 0.1) is 18.8 Å². The maximum Gasteiger partial charge on any atom is 0.254 e. The van der Waals surface area contributed by atoms with Crippen LogP contribution in [0.25, 0.3) is 0 Å². The fraction of sp³-hybridized carbons (Fsp3) is 0.471. The smallest absolute Gasteiger partial charge is 0.254 e. The Bertz CT molecular complexity index is 545. The molecule has 114 valence electrons. The van der Waals surface area contributed by atoms with E-state index in [1.165, 1.54) is 0 Å². The summed E-state index contributed by atoms with van der Waals surface area (Å²) in [5, 5.41) is 8.75. The lowest BCUT2D eigenvalue weighted by atomic mass is 10.0. The molecule has 21 heavy (non-hydrogen) atoms. The summed E-state index contributed by atoms with van der Waals surface area (Å²) in [5.74, 6) is 6.52. The van der Waals surface area contributed by atoms with Crippen LogP contribution in [0.15, 0.2) is 18.2 Å². The van der Waals surface area contributed by atoms with Gasteiger partial charge in [-0.3, -0.25) is 4.79 Å². The highest BCUT2D eigenvalue weighted by Gasteiger charge is 2.19. The Kier molecular flexibility index (Phi) is 7.35. The van der Waals surface area contributed by atoms with E-state index in [-0.39, 0.29) is 18.6 Å². The summed E-state index contributed by atoms with van der Waals surface area (Å²) in [6, 6.07) is 5.77. The quantitative estimate of drug-likeness (QED) is 0.850. The fourth-order valence-corrected chi connectivity index (χ4v) is 2.52. The number of thioether (sulfide) groups is 1. The van der Waals surface area contributed by atoms with Gasteiger partial charge in [-0.05, 0) is 50.0 Å². The predicted octanol–water partition coefficient (Wildman–Crippen LogP) is 2.55. The highest BCUT2D eigenvalue weighted by atomic mass is 32.2. The Morgan fingerprint density at radius 2 is 2.19 bits per heavy atom. The van der Waals surface area contributed by atoms with E-state index in [1.807, 2.05) is 26.1 Å². The molecule has 0 fully saturated rings. The van der Waals surface area contributed by atoms with Crippen molar-refractivity contribution in [3.05, 3.63) is 34.9 Å². The lowest BCUT2D eigenvalue weighted by molar-refractivity contribution is 0.0740. The largest absolute Gasteiger partial charge is 0.384 e. The summed E-state index contributed by atoms with van der Waals surface area (Å²) in [4.78, 5) is 14.4. The first-order valence-electron chi connectivity index (χ1n) is 6.97. The second kappa shape index (κ2) is 8.76. The standard InChI is InChI=1S/C17H23NO2S/c1-13-7-8-15(6-5-10-19)12-16(13)17(20)18(3)14(2)9-11-21-4/h7-8,12,14,19H,9-11H2,1-4H3. The van der Waals surface area contributed by atoms with E-state index in [1.54, 1.807) is 22.7 Å². The van der Waals surface area contributed by atoms with Gasteiger partial charge in [-0.2, -0.15) is 11.8 Å². The SMILES string of the molecule is CSCCC(C)N(C)C(=O)c1cc(C#CCO)ccc1C. The number of rotatable bonds is 5. The first-order valence-corrected chi connectivity index (χ1v) is 8.37. The van der Waals surface area contributed by atoms with Gasteiger partial charge in [0.2, 0.25) is 0 Å². The van der Waals surface area contributed by atoms with Crippen LogP contribution < -0.4 is 0 Å². The first-order chi connectivity index (χ1) is 10.0. The molecule has 3 nitrogen and oxygen atoms in total. The molecule has 0 saturated carbocycles. The van der Waals surface area contributed by atoms with Gasteiger partial charge < -0.3 is 10.0 Å². The van der Waals surface area contributed by atoms with Gasteiger partial charge in [0.1, 0.15) is 6.61 Å². The Balaban J connectivity index is 2.95. The first kappa shape index (κ1) is 17.6. The van der Waals surface area contributed by atoms with Crippen molar-refractivity contribution >= 4 is 17.7 Å². The summed E-state index contributed by atoms with van der Waals surface area (Å²) in [5.41, 5.74) is 2.37. The minimum atomic E-state index is -0.178. The average Bonchev–Trinajstić information content (AvgIpc) is 2.50. The zero-order valence-electron chi connectivity index (χ0n) is 13.1. The lowest BCUT2D eigenvalue weighted by Crippen LogP contribution is -2.35. The number of benzene rings is 1. The molecule has 0 spiro atoms. The zero-order chi connectivity index (χ0) is 15.8. The molecule has 1 aromatic rings. The number of aryl methyl sites for hydroxylation is 1. The molecule has 0 heterocycles. The Morgan fingerprint density at radius 3 is 2.81 bits per heavy atom. The average molecular weight is 305 g/mol. The minimum absolute atomic E-state index is 0.0220. The van der Waals surface area contributed by atoms with E-state index in [2.05, 4.69) is 25.0 Å².